The molecule has 3 rings (SSSR count). The molecule has 0 bridgehead atoms. The predicted octanol–water partition coefficient (Wildman–Crippen LogP) is 0.861. The van der Waals surface area contributed by atoms with E-state index in [-0.39, 0.29) is 0 Å². The first-order chi connectivity index (χ1) is 6.95. The number of imidazole rings is 1. The van der Waals surface area contributed by atoms with Crippen LogP contribution in [-0.2, 0) is 0 Å². The summed E-state index contributed by atoms with van der Waals surface area (Å²) in [5, 5.41) is 0. The molecule has 0 amide bonds. The van der Waals surface area contributed by atoms with E-state index in [1.807, 2.05) is 0 Å². The van der Waals surface area contributed by atoms with Gasteiger partial charge in [-0.25, -0.2) is 9.56 Å². The van der Waals surface area contributed by atoms with Crippen molar-refractivity contribution < 1.29 is 4.58 Å². The molecule has 0 spiro atoms. The van der Waals surface area contributed by atoms with Gasteiger partial charge in [-0.05, 0) is 11.4 Å². The van der Waals surface area contributed by atoms with Crippen molar-refractivity contribution >= 4 is 23.2 Å². The lowest BCUT2D eigenvalue weighted by Crippen LogP contribution is -2.04. The molecular formula is C9H10N5+. The highest BCUT2D eigenvalue weighted by molar-refractivity contribution is 5.78. The maximum Gasteiger partial charge on any atom is 0.354 e. The average molecular weight is 188 g/mol. The zero-order chi connectivity index (χ0) is 9.38. The summed E-state index contributed by atoms with van der Waals surface area (Å²) in [7, 11) is 0. The van der Waals surface area contributed by atoms with Crippen LogP contribution in [0.3, 0.4) is 0 Å². The van der Waals surface area contributed by atoms with Gasteiger partial charge < -0.3 is 4.98 Å². The zero-order valence-electron chi connectivity index (χ0n) is 7.64. The van der Waals surface area contributed by atoms with Gasteiger partial charge in [0.2, 0.25) is 11.8 Å². The van der Waals surface area contributed by atoms with Crippen molar-refractivity contribution in [2.24, 2.45) is 0 Å². The molecule has 0 radical (unpaired) electrons. The monoisotopic (exact) mass is 188 g/mol. The smallest absolute Gasteiger partial charge is 0.329 e. The first kappa shape index (κ1) is 7.61. The number of aromatic nitrogens is 4. The highest BCUT2D eigenvalue weighted by atomic mass is 15.1. The molecule has 0 aromatic carbocycles. The summed E-state index contributed by atoms with van der Waals surface area (Å²) in [6, 6.07) is 0. The van der Waals surface area contributed by atoms with Gasteiger partial charge in [0, 0.05) is 6.42 Å². The Hall–Kier alpha value is -1.78. The molecule has 14 heavy (non-hydrogen) atoms. The number of fused-ring (bicyclic) bond motifs is 1. The summed E-state index contributed by atoms with van der Waals surface area (Å²) in [6.07, 6.45) is 7.70. The van der Waals surface area contributed by atoms with Crippen LogP contribution in [0.15, 0.2) is 12.7 Å². The first-order valence-corrected chi connectivity index (χ1v) is 4.69. The molecule has 2 aromatic heterocycles. The summed E-state index contributed by atoms with van der Waals surface area (Å²) in [6.45, 7) is 1.03. The Morgan fingerprint density at radius 3 is 3.14 bits per heavy atom. The van der Waals surface area contributed by atoms with Crippen molar-refractivity contribution in [3.05, 3.63) is 12.7 Å². The molecule has 3 heterocycles. The van der Waals surface area contributed by atoms with Crippen LogP contribution in [0.1, 0.15) is 12.8 Å². The summed E-state index contributed by atoms with van der Waals surface area (Å²) in [5.74, 6) is 0.911. The third-order valence-corrected chi connectivity index (χ3v) is 2.42. The Labute approximate surface area is 80.5 Å². The molecule has 0 saturated heterocycles. The number of nitrogens with one attached hydrogen (secondary N) is 1. The van der Waals surface area contributed by atoms with Crippen LogP contribution in [0.4, 0.5) is 5.82 Å². The Morgan fingerprint density at radius 2 is 2.29 bits per heavy atom. The fourth-order valence-corrected chi connectivity index (χ4v) is 1.75. The van der Waals surface area contributed by atoms with Gasteiger partial charge in [0.1, 0.15) is 0 Å². The van der Waals surface area contributed by atoms with Gasteiger partial charge in [-0.3, -0.25) is 0 Å². The van der Waals surface area contributed by atoms with Crippen LogP contribution in [-0.4, -0.2) is 37.3 Å². The number of hydrogen-bond acceptors (Lipinski definition) is 3. The van der Waals surface area contributed by atoms with Crippen LogP contribution in [0.2, 0.25) is 0 Å². The maximum absolute atomic E-state index is 4.26. The van der Waals surface area contributed by atoms with E-state index in [9.17, 15) is 0 Å². The second-order valence-electron chi connectivity index (χ2n) is 3.32. The van der Waals surface area contributed by atoms with E-state index in [4.69, 9.17) is 0 Å². The van der Waals surface area contributed by atoms with Crippen molar-refractivity contribution in [3.63, 3.8) is 0 Å². The fraction of sp³-hybridized carbons (Fsp3) is 0.333. The van der Waals surface area contributed by atoms with Crippen molar-refractivity contribution in [1.29, 1.82) is 0 Å². The molecule has 0 aliphatic carbocycles. The third kappa shape index (κ3) is 1.02. The molecule has 0 unspecified atom stereocenters. The lowest BCUT2D eigenvalue weighted by molar-refractivity contribution is -0.429. The van der Waals surface area contributed by atoms with E-state index in [1.54, 1.807) is 12.7 Å². The Bertz CT molecular complexity index is 499. The van der Waals surface area contributed by atoms with Crippen LogP contribution in [0, 0.1) is 0 Å². The number of nitrogens with zero attached hydrogens (tertiary/aromatic N) is 4. The second-order valence-corrected chi connectivity index (χ2v) is 3.32. The van der Waals surface area contributed by atoms with E-state index in [1.165, 1.54) is 6.42 Å². The van der Waals surface area contributed by atoms with Crippen LogP contribution >= 0.6 is 0 Å². The standard InChI is InChI=1S/C9H10N5/c1-2-4-14(3-1)9-7-8(11-5-10-7)12-6-13-9/h3,5-6H,1-2,4H2,(H,10,11,12,13)/q+1. The molecule has 1 N–H and O–H groups in total. The molecule has 70 valence electrons. The summed E-state index contributed by atoms with van der Waals surface area (Å²) < 4.78 is 2.14. The van der Waals surface area contributed by atoms with Crippen LogP contribution < -0.4 is 0 Å². The molecule has 0 saturated carbocycles. The van der Waals surface area contributed by atoms with Gasteiger partial charge in [-0.2, -0.15) is 4.98 Å². The zero-order valence-corrected chi connectivity index (χ0v) is 7.64. The number of hydrogen-bond donors (Lipinski definition) is 1. The van der Waals surface area contributed by atoms with Crippen molar-refractivity contribution in [3.8, 4) is 0 Å². The SMILES string of the molecule is C1=[N+](c2ncnc3[nH]cnc23)CCC1. The highest BCUT2D eigenvalue weighted by Crippen LogP contribution is 2.19. The highest BCUT2D eigenvalue weighted by Gasteiger charge is 2.19. The minimum Gasteiger partial charge on any atom is -0.329 e. The molecule has 0 atom stereocenters. The van der Waals surface area contributed by atoms with E-state index in [0.717, 1.165) is 29.9 Å². The normalized spacial score (nSPS) is 16.1. The van der Waals surface area contributed by atoms with Crippen LogP contribution in [0.5, 0.6) is 0 Å². The minimum atomic E-state index is 0.801. The summed E-state index contributed by atoms with van der Waals surface area (Å²) >= 11 is 0. The van der Waals surface area contributed by atoms with Gasteiger partial charge in [0.05, 0.1) is 19.1 Å². The number of rotatable bonds is 1. The lowest BCUT2D eigenvalue weighted by Gasteiger charge is -1.95. The van der Waals surface area contributed by atoms with Gasteiger partial charge in [0.25, 0.3) is 0 Å². The van der Waals surface area contributed by atoms with E-state index < -0.39 is 0 Å². The van der Waals surface area contributed by atoms with E-state index in [2.05, 4.69) is 30.7 Å². The summed E-state index contributed by atoms with van der Waals surface area (Å²) in [5.41, 5.74) is 1.65. The minimum absolute atomic E-state index is 0.801. The average Bonchev–Trinajstić information content (AvgIpc) is 2.88. The van der Waals surface area contributed by atoms with Crippen molar-refractivity contribution in [2.45, 2.75) is 12.8 Å². The van der Waals surface area contributed by atoms with Gasteiger partial charge in [-0.1, -0.05) is 0 Å². The molecule has 0 fully saturated rings. The lowest BCUT2D eigenvalue weighted by atomic mass is 10.4. The topological polar surface area (TPSA) is 57.5 Å². The van der Waals surface area contributed by atoms with E-state index in [0.29, 0.717) is 0 Å². The van der Waals surface area contributed by atoms with Crippen LogP contribution in [0.25, 0.3) is 11.2 Å². The van der Waals surface area contributed by atoms with E-state index >= 15 is 0 Å². The first-order valence-electron chi connectivity index (χ1n) is 4.69. The Morgan fingerprint density at radius 1 is 1.29 bits per heavy atom. The Kier molecular flexibility index (Phi) is 1.56. The third-order valence-electron chi connectivity index (χ3n) is 2.42. The van der Waals surface area contributed by atoms with Crippen molar-refractivity contribution in [2.75, 3.05) is 6.54 Å². The largest absolute Gasteiger partial charge is 0.354 e. The van der Waals surface area contributed by atoms with Gasteiger partial charge in [0.15, 0.2) is 5.65 Å². The Balaban J connectivity index is 2.24. The molecule has 1 aliphatic heterocycles. The molecule has 5 nitrogen and oxygen atoms in total. The molecular weight excluding hydrogens is 178 g/mol. The van der Waals surface area contributed by atoms with Gasteiger partial charge in [-0.15, -0.1) is 0 Å². The number of H-pyrrole nitrogens is 1. The molecule has 5 heteroatoms. The maximum atomic E-state index is 4.26. The van der Waals surface area contributed by atoms with Crippen molar-refractivity contribution in [1.82, 2.24) is 19.9 Å². The second kappa shape index (κ2) is 2.87. The fourth-order valence-electron chi connectivity index (χ4n) is 1.75. The molecule has 2 aromatic rings. The predicted molar refractivity (Wildman–Crippen MR) is 51.8 cm³/mol. The quantitative estimate of drug-likeness (QED) is 0.675. The van der Waals surface area contributed by atoms with Gasteiger partial charge >= 0.3 is 5.82 Å². The molecule has 1 aliphatic rings. The number of aromatic amines is 1. The summed E-state index contributed by atoms with van der Waals surface area (Å²) in [4.78, 5) is 15.6.